The van der Waals surface area contributed by atoms with E-state index in [4.69, 9.17) is 4.74 Å². The van der Waals surface area contributed by atoms with Gasteiger partial charge in [-0.15, -0.1) is 0 Å². The lowest BCUT2D eigenvalue weighted by Crippen LogP contribution is -2.10. The minimum Gasteiger partial charge on any atom is -0.461 e. The van der Waals surface area contributed by atoms with Gasteiger partial charge in [0, 0.05) is 16.6 Å². The maximum absolute atomic E-state index is 10.9. The summed E-state index contributed by atoms with van der Waals surface area (Å²) < 4.78 is 4.83. The molecule has 1 saturated heterocycles. The number of hydrogen-bond acceptors (Lipinski definition) is 3. The molecule has 1 atom stereocenters. The summed E-state index contributed by atoms with van der Waals surface area (Å²) in [6, 6.07) is 0. The molecule has 0 saturated carbocycles. The average Bonchev–Trinajstić information content (AvgIpc) is 2.04. The fourth-order valence-electron chi connectivity index (χ4n) is 0.719. The molecule has 1 aliphatic heterocycles. The van der Waals surface area contributed by atoms with Crippen molar-refractivity contribution in [3.63, 3.8) is 0 Å². The van der Waals surface area contributed by atoms with Gasteiger partial charge in [-0.1, -0.05) is 6.58 Å². The average molecular weight is 158 g/mol. The van der Waals surface area contributed by atoms with Gasteiger partial charge in [0.1, 0.15) is 6.61 Å². The Hall–Kier alpha value is -0.440. The van der Waals surface area contributed by atoms with Crippen molar-refractivity contribution in [1.82, 2.24) is 0 Å². The first-order chi connectivity index (χ1) is 4.72. The standard InChI is InChI=1S/C7H10O2S/c1-5-6(2)10-4-3-9-7(5)8/h6H,1,3-4H2,2H3. The third-order valence-electron chi connectivity index (χ3n) is 1.44. The summed E-state index contributed by atoms with van der Waals surface area (Å²) in [5, 5.41) is 0.218. The van der Waals surface area contributed by atoms with Gasteiger partial charge in [-0.05, 0) is 6.92 Å². The zero-order valence-corrected chi connectivity index (χ0v) is 6.74. The Balaban J connectivity index is 2.64. The van der Waals surface area contributed by atoms with Crippen molar-refractivity contribution in [2.24, 2.45) is 0 Å². The Kier molecular flexibility index (Phi) is 2.38. The van der Waals surface area contributed by atoms with Crippen molar-refractivity contribution in [1.29, 1.82) is 0 Å². The highest BCUT2D eigenvalue weighted by atomic mass is 32.2. The summed E-state index contributed by atoms with van der Waals surface area (Å²) in [5.74, 6) is 0.642. The Morgan fingerprint density at radius 1 is 1.80 bits per heavy atom. The molecule has 0 bridgehead atoms. The molecule has 0 amide bonds. The maximum Gasteiger partial charge on any atom is 0.334 e. The van der Waals surface area contributed by atoms with Gasteiger partial charge >= 0.3 is 5.97 Å². The molecule has 1 fully saturated rings. The van der Waals surface area contributed by atoms with Gasteiger partial charge in [-0.25, -0.2) is 4.79 Å². The van der Waals surface area contributed by atoms with Gasteiger partial charge < -0.3 is 4.74 Å². The van der Waals surface area contributed by atoms with Crippen LogP contribution in [0, 0.1) is 0 Å². The normalized spacial score (nSPS) is 27.5. The number of cyclic esters (lactones) is 1. The van der Waals surface area contributed by atoms with E-state index in [0.717, 1.165) is 5.75 Å². The molecule has 0 spiro atoms. The first kappa shape index (κ1) is 7.66. The minimum absolute atomic E-state index is 0.218. The van der Waals surface area contributed by atoms with Crippen molar-refractivity contribution in [2.45, 2.75) is 12.2 Å². The molecule has 1 rings (SSSR count). The third-order valence-corrected chi connectivity index (χ3v) is 2.62. The number of carbonyl (C=O) groups excluding carboxylic acids is 1. The largest absolute Gasteiger partial charge is 0.461 e. The predicted octanol–water partition coefficient (Wildman–Crippen LogP) is 1.22. The Bertz CT molecular complexity index is 165. The van der Waals surface area contributed by atoms with E-state index in [9.17, 15) is 4.79 Å². The van der Waals surface area contributed by atoms with Crippen LogP contribution in [0.15, 0.2) is 12.2 Å². The van der Waals surface area contributed by atoms with Gasteiger partial charge in [0.05, 0.1) is 0 Å². The highest BCUT2D eigenvalue weighted by molar-refractivity contribution is 8.00. The van der Waals surface area contributed by atoms with Gasteiger partial charge in [0.25, 0.3) is 0 Å². The topological polar surface area (TPSA) is 26.3 Å². The number of hydrogen-bond donors (Lipinski definition) is 0. The van der Waals surface area contributed by atoms with Crippen molar-refractivity contribution in [3.05, 3.63) is 12.2 Å². The predicted molar refractivity (Wildman–Crippen MR) is 42.0 cm³/mol. The third kappa shape index (κ3) is 1.53. The molecule has 0 aliphatic carbocycles. The molecule has 0 aromatic rings. The first-order valence-electron chi connectivity index (χ1n) is 3.19. The lowest BCUT2D eigenvalue weighted by Gasteiger charge is -2.04. The number of carbonyl (C=O) groups is 1. The molecule has 0 radical (unpaired) electrons. The van der Waals surface area contributed by atoms with Crippen molar-refractivity contribution >= 4 is 17.7 Å². The van der Waals surface area contributed by atoms with E-state index in [1.807, 2.05) is 6.92 Å². The first-order valence-corrected chi connectivity index (χ1v) is 4.24. The SMILES string of the molecule is C=C1C(=O)OCCSC1C. The van der Waals surface area contributed by atoms with Gasteiger partial charge in [-0.3, -0.25) is 0 Å². The molecular weight excluding hydrogens is 148 g/mol. The number of ether oxygens (including phenoxy) is 1. The smallest absolute Gasteiger partial charge is 0.334 e. The second-order valence-electron chi connectivity index (χ2n) is 2.17. The van der Waals surface area contributed by atoms with Crippen LogP contribution >= 0.6 is 11.8 Å². The van der Waals surface area contributed by atoms with Crippen molar-refractivity contribution in [2.75, 3.05) is 12.4 Å². The summed E-state index contributed by atoms with van der Waals surface area (Å²) in [4.78, 5) is 10.9. The zero-order valence-electron chi connectivity index (χ0n) is 5.92. The molecule has 0 aromatic heterocycles. The Morgan fingerprint density at radius 3 is 3.20 bits per heavy atom. The second kappa shape index (κ2) is 3.10. The van der Waals surface area contributed by atoms with E-state index in [2.05, 4.69) is 6.58 Å². The van der Waals surface area contributed by atoms with E-state index in [-0.39, 0.29) is 11.2 Å². The lowest BCUT2D eigenvalue weighted by atomic mass is 10.2. The second-order valence-corrected chi connectivity index (χ2v) is 3.62. The van der Waals surface area contributed by atoms with E-state index in [1.54, 1.807) is 11.8 Å². The summed E-state index contributed by atoms with van der Waals surface area (Å²) in [6.07, 6.45) is 0. The highest BCUT2D eigenvalue weighted by Crippen LogP contribution is 2.21. The zero-order chi connectivity index (χ0) is 7.56. The quantitative estimate of drug-likeness (QED) is 0.391. The molecule has 1 unspecified atom stereocenters. The highest BCUT2D eigenvalue weighted by Gasteiger charge is 2.19. The number of rotatable bonds is 0. The van der Waals surface area contributed by atoms with Crippen LogP contribution in [-0.4, -0.2) is 23.6 Å². The van der Waals surface area contributed by atoms with Crippen LogP contribution in [0.5, 0.6) is 0 Å². The number of thioether (sulfide) groups is 1. The van der Waals surface area contributed by atoms with E-state index < -0.39 is 0 Å². The van der Waals surface area contributed by atoms with E-state index >= 15 is 0 Å². The monoisotopic (exact) mass is 158 g/mol. The molecule has 3 heteroatoms. The molecular formula is C7H10O2S. The molecule has 56 valence electrons. The molecule has 0 N–H and O–H groups in total. The van der Waals surface area contributed by atoms with Gasteiger partial charge in [-0.2, -0.15) is 11.8 Å². The maximum atomic E-state index is 10.9. The summed E-state index contributed by atoms with van der Waals surface area (Å²) in [6.45, 7) is 6.13. The minimum atomic E-state index is -0.238. The molecule has 2 nitrogen and oxygen atoms in total. The lowest BCUT2D eigenvalue weighted by molar-refractivity contribution is -0.138. The Morgan fingerprint density at radius 2 is 2.50 bits per heavy atom. The van der Waals surface area contributed by atoms with Crippen LogP contribution in [0.1, 0.15) is 6.92 Å². The molecule has 1 heterocycles. The van der Waals surface area contributed by atoms with Crippen LogP contribution in [0.25, 0.3) is 0 Å². The fourth-order valence-corrected chi connectivity index (χ4v) is 1.55. The van der Waals surface area contributed by atoms with Gasteiger partial charge in [0.15, 0.2) is 0 Å². The van der Waals surface area contributed by atoms with Crippen LogP contribution in [-0.2, 0) is 9.53 Å². The summed E-state index contributed by atoms with van der Waals surface area (Å²) in [5.41, 5.74) is 0.586. The summed E-state index contributed by atoms with van der Waals surface area (Å²) >= 11 is 1.71. The summed E-state index contributed by atoms with van der Waals surface area (Å²) in [7, 11) is 0. The molecule has 10 heavy (non-hydrogen) atoms. The molecule has 1 aliphatic rings. The van der Waals surface area contributed by atoms with Crippen molar-refractivity contribution in [3.8, 4) is 0 Å². The Labute approximate surface area is 64.6 Å². The van der Waals surface area contributed by atoms with Gasteiger partial charge in [0.2, 0.25) is 0 Å². The molecule has 0 aromatic carbocycles. The fraction of sp³-hybridized carbons (Fsp3) is 0.571. The number of esters is 1. The van der Waals surface area contributed by atoms with Crippen LogP contribution in [0.4, 0.5) is 0 Å². The van der Waals surface area contributed by atoms with E-state index in [1.165, 1.54) is 0 Å². The van der Waals surface area contributed by atoms with Crippen LogP contribution in [0.3, 0.4) is 0 Å². The van der Waals surface area contributed by atoms with Crippen molar-refractivity contribution < 1.29 is 9.53 Å². The van der Waals surface area contributed by atoms with Crippen LogP contribution < -0.4 is 0 Å². The van der Waals surface area contributed by atoms with Crippen LogP contribution in [0.2, 0.25) is 0 Å². The van der Waals surface area contributed by atoms with E-state index in [0.29, 0.717) is 12.2 Å².